The molecule has 0 aliphatic carbocycles. The summed E-state index contributed by atoms with van der Waals surface area (Å²) < 4.78 is 30.3. The highest BCUT2D eigenvalue weighted by Crippen LogP contribution is 2.22. The summed E-state index contributed by atoms with van der Waals surface area (Å²) in [6, 6.07) is 4.37. The summed E-state index contributed by atoms with van der Waals surface area (Å²) in [6.45, 7) is 0.686. The zero-order valence-corrected chi connectivity index (χ0v) is 9.78. The van der Waals surface area contributed by atoms with Crippen LogP contribution in [0.3, 0.4) is 0 Å². The van der Waals surface area contributed by atoms with Gasteiger partial charge in [0.05, 0.1) is 11.2 Å². The SMILES string of the molecule is CC(C)=NNc1ccc2c(c1)oc(=O)n2C(F)F. The van der Waals surface area contributed by atoms with E-state index in [4.69, 9.17) is 4.42 Å². The summed E-state index contributed by atoms with van der Waals surface area (Å²) in [5.41, 5.74) is 4.23. The van der Waals surface area contributed by atoms with Crippen molar-refractivity contribution in [3.8, 4) is 0 Å². The Labute approximate surface area is 101 Å². The van der Waals surface area contributed by atoms with Crippen LogP contribution in [0.15, 0.2) is 32.5 Å². The highest BCUT2D eigenvalue weighted by atomic mass is 19.3. The molecule has 1 aromatic carbocycles. The van der Waals surface area contributed by atoms with E-state index in [1.165, 1.54) is 12.1 Å². The lowest BCUT2D eigenvalue weighted by Crippen LogP contribution is -2.14. The van der Waals surface area contributed by atoms with Crippen molar-refractivity contribution < 1.29 is 13.2 Å². The van der Waals surface area contributed by atoms with Gasteiger partial charge >= 0.3 is 12.3 Å². The zero-order valence-electron chi connectivity index (χ0n) is 9.78. The lowest BCUT2D eigenvalue weighted by molar-refractivity contribution is 0.0670. The summed E-state index contributed by atoms with van der Waals surface area (Å²) in [4.78, 5) is 11.2. The van der Waals surface area contributed by atoms with E-state index in [0.717, 1.165) is 5.71 Å². The normalized spacial score (nSPS) is 10.9. The molecule has 0 aliphatic rings. The lowest BCUT2D eigenvalue weighted by atomic mass is 10.3. The van der Waals surface area contributed by atoms with E-state index in [0.29, 0.717) is 10.3 Å². The van der Waals surface area contributed by atoms with E-state index in [1.807, 2.05) is 0 Å². The van der Waals surface area contributed by atoms with Crippen molar-refractivity contribution in [1.29, 1.82) is 0 Å². The van der Waals surface area contributed by atoms with Crippen LogP contribution in [-0.4, -0.2) is 10.3 Å². The number of aromatic nitrogens is 1. The predicted octanol–water partition coefficient (Wildman–Crippen LogP) is 2.80. The fourth-order valence-electron chi connectivity index (χ4n) is 1.47. The third-order valence-corrected chi connectivity index (χ3v) is 2.22. The minimum absolute atomic E-state index is 0.0535. The van der Waals surface area contributed by atoms with Gasteiger partial charge in [0.2, 0.25) is 0 Å². The lowest BCUT2D eigenvalue weighted by Gasteiger charge is -2.02. The second kappa shape index (κ2) is 4.59. The largest absolute Gasteiger partial charge is 0.424 e. The molecule has 0 saturated carbocycles. The van der Waals surface area contributed by atoms with Gasteiger partial charge in [0, 0.05) is 11.8 Å². The van der Waals surface area contributed by atoms with Crippen LogP contribution >= 0.6 is 0 Å². The molecule has 0 aliphatic heterocycles. The van der Waals surface area contributed by atoms with Gasteiger partial charge in [0.25, 0.3) is 0 Å². The van der Waals surface area contributed by atoms with E-state index in [-0.39, 0.29) is 11.1 Å². The predicted molar refractivity (Wildman–Crippen MR) is 64.1 cm³/mol. The van der Waals surface area contributed by atoms with E-state index >= 15 is 0 Å². The molecular weight excluding hydrogens is 244 g/mol. The van der Waals surface area contributed by atoms with Crippen molar-refractivity contribution in [1.82, 2.24) is 4.57 Å². The minimum atomic E-state index is -2.92. The number of anilines is 1. The Morgan fingerprint density at radius 3 is 2.78 bits per heavy atom. The van der Waals surface area contributed by atoms with Gasteiger partial charge in [0.15, 0.2) is 5.58 Å². The van der Waals surface area contributed by atoms with Crippen LogP contribution in [-0.2, 0) is 0 Å². The van der Waals surface area contributed by atoms with Crippen LogP contribution in [0.1, 0.15) is 20.4 Å². The van der Waals surface area contributed by atoms with Gasteiger partial charge in [-0.05, 0) is 26.0 Å². The van der Waals surface area contributed by atoms with Gasteiger partial charge in [-0.25, -0.2) is 9.36 Å². The second-order valence-corrected chi connectivity index (χ2v) is 3.87. The molecule has 1 heterocycles. The molecule has 1 N–H and O–H groups in total. The van der Waals surface area contributed by atoms with Gasteiger partial charge in [-0.2, -0.15) is 13.9 Å². The molecule has 0 radical (unpaired) electrons. The van der Waals surface area contributed by atoms with E-state index in [1.54, 1.807) is 19.9 Å². The van der Waals surface area contributed by atoms with Crippen molar-refractivity contribution in [3.63, 3.8) is 0 Å². The first-order chi connectivity index (χ1) is 8.49. The molecule has 2 rings (SSSR count). The topological polar surface area (TPSA) is 59.5 Å². The average molecular weight is 255 g/mol. The van der Waals surface area contributed by atoms with Crippen molar-refractivity contribution in [2.24, 2.45) is 5.10 Å². The number of hydrogen-bond donors (Lipinski definition) is 1. The Morgan fingerprint density at radius 2 is 2.17 bits per heavy atom. The molecule has 0 amide bonds. The van der Waals surface area contributed by atoms with Gasteiger partial charge < -0.3 is 4.42 Å². The highest BCUT2D eigenvalue weighted by Gasteiger charge is 2.16. The molecule has 2 aromatic rings. The number of hydrogen-bond acceptors (Lipinski definition) is 4. The van der Waals surface area contributed by atoms with E-state index < -0.39 is 12.3 Å². The van der Waals surface area contributed by atoms with E-state index in [9.17, 15) is 13.6 Å². The smallest absolute Gasteiger partial charge is 0.407 e. The maximum absolute atomic E-state index is 12.6. The van der Waals surface area contributed by atoms with Gasteiger partial charge in [-0.15, -0.1) is 0 Å². The summed E-state index contributed by atoms with van der Waals surface area (Å²) in [6.07, 6.45) is 0. The maximum atomic E-state index is 12.6. The van der Waals surface area contributed by atoms with Crippen LogP contribution in [0.4, 0.5) is 14.5 Å². The first-order valence-electron chi connectivity index (χ1n) is 5.19. The molecule has 0 saturated heterocycles. The molecule has 0 fully saturated rings. The first kappa shape index (κ1) is 12.3. The monoisotopic (exact) mass is 255 g/mol. The molecule has 7 heteroatoms. The third kappa shape index (κ3) is 2.24. The quantitative estimate of drug-likeness (QED) is 0.677. The molecule has 18 heavy (non-hydrogen) atoms. The zero-order chi connectivity index (χ0) is 13.3. The van der Waals surface area contributed by atoms with Crippen LogP contribution in [0.2, 0.25) is 0 Å². The van der Waals surface area contributed by atoms with Crippen molar-refractivity contribution >= 4 is 22.5 Å². The number of halogens is 2. The van der Waals surface area contributed by atoms with Gasteiger partial charge in [0.1, 0.15) is 0 Å². The number of nitrogens with one attached hydrogen (secondary N) is 1. The van der Waals surface area contributed by atoms with Gasteiger partial charge in [-0.3, -0.25) is 5.43 Å². The summed E-state index contributed by atoms with van der Waals surface area (Å²) in [5, 5.41) is 3.96. The molecule has 0 unspecified atom stereocenters. The third-order valence-electron chi connectivity index (χ3n) is 2.22. The number of nitrogens with zero attached hydrogens (tertiary/aromatic N) is 2. The maximum Gasteiger partial charge on any atom is 0.424 e. The van der Waals surface area contributed by atoms with Crippen LogP contribution in [0.5, 0.6) is 0 Å². The molecule has 0 spiro atoms. The minimum Gasteiger partial charge on any atom is -0.407 e. The number of hydrazone groups is 1. The molecule has 0 atom stereocenters. The average Bonchev–Trinajstić information content (AvgIpc) is 2.61. The van der Waals surface area contributed by atoms with Crippen LogP contribution < -0.4 is 11.2 Å². The Morgan fingerprint density at radius 1 is 1.44 bits per heavy atom. The number of oxazole rings is 1. The Bertz CT molecular complexity index is 654. The fourth-order valence-corrected chi connectivity index (χ4v) is 1.47. The molecule has 96 valence electrons. The summed E-state index contributed by atoms with van der Waals surface area (Å²) in [5.74, 6) is -1.08. The number of benzene rings is 1. The first-order valence-corrected chi connectivity index (χ1v) is 5.19. The molecule has 1 aromatic heterocycles. The van der Waals surface area contributed by atoms with Crippen LogP contribution in [0, 0.1) is 0 Å². The fraction of sp³-hybridized carbons (Fsp3) is 0.273. The second-order valence-electron chi connectivity index (χ2n) is 3.87. The van der Waals surface area contributed by atoms with Crippen molar-refractivity contribution in [2.45, 2.75) is 20.4 Å². The highest BCUT2D eigenvalue weighted by molar-refractivity contribution is 5.81. The molecule has 5 nitrogen and oxygen atoms in total. The van der Waals surface area contributed by atoms with Crippen LogP contribution in [0.25, 0.3) is 11.1 Å². The van der Waals surface area contributed by atoms with Gasteiger partial charge in [-0.1, -0.05) is 0 Å². The molecular formula is C11H11F2N3O2. The number of rotatable bonds is 3. The Hall–Kier alpha value is -2.18. The van der Waals surface area contributed by atoms with E-state index in [2.05, 4.69) is 10.5 Å². The van der Waals surface area contributed by atoms with Crippen molar-refractivity contribution in [3.05, 3.63) is 28.7 Å². The van der Waals surface area contributed by atoms with Crippen molar-refractivity contribution in [2.75, 3.05) is 5.43 Å². The summed E-state index contributed by atoms with van der Waals surface area (Å²) >= 11 is 0. The number of alkyl halides is 2. The summed E-state index contributed by atoms with van der Waals surface area (Å²) in [7, 11) is 0. The molecule has 0 bridgehead atoms. The Kier molecular flexibility index (Phi) is 3.14. The Balaban J connectivity index is 2.48. The number of fused-ring (bicyclic) bond motifs is 1. The standard InChI is InChI=1S/C11H11F2N3O2/c1-6(2)14-15-7-3-4-8-9(5-7)18-11(17)16(8)10(12)13/h3-5,10,15H,1-2H3.